The summed E-state index contributed by atoms with van der Waals surface area (Å²) in [4.78, 5) is 32.6. The summed E-state index contributed by atoms with van der Waals surface area (Å²) in [5, 5.41) is 3.15. The van der Waals surface area contributed by atoms with E-state index in [4.69, 9.17) is 0 Å². The van der Waals surface area contributed by atoms with Gasteiger partial charge in [-0.2, -0.15) is 0 Å². The van der Waals surface area contributed by atoms with E-state index < -0.39 is 5.41 Å². The van der Waals surface area contributed by atoms with E-state index in [0.29, 0.717) is 45.3 Å². The van der Waals surface area contributed by atoms with Gasteiger partial charge in [-0.05, 0) is 42.5 Å². The van der Waals surface area contributed by atoms with Crippen molar-refractivity contribution in [3.8, 4) is 0 Å². The van der Waals surface area contributed by atoms with E-state index in [2.05, 4.69) is 22.4 Å². The van der Waals surface area contributed by atoms with E-state index in [1.165, 1.54) is 5.56 Å². The minimum atomic E-state index is -0.610. The average molecular weight is 442 g/mol. The lowest BCUT2D eigenvalue weighted by molar-refractivity contribution is -0.136. The molecule has 0 unspecified atom stereocenters. The molecular weight excluding hydrogens is 410 g/mol. The van der Waals surface area contributed by atoms with Gasteiger partial charge >= 0.3 is 0 Å². The van der Waals surface area contributed by atoms with Gasteiger partial charge in [0.05, 0.1) is 5.41 Å². The van der Waals surface area contributed by atoms with Crippen LogP contribution in [0.3, 0.4) is 0 Å². The van der Waals surface area contributed by atoms with Crippen LogP contribution in [0.5, 0.6) is 0 Å². The van der Waals surface area contributed by atoms with Crippen LogP contribution in [0, 0.1) is 0 Å². The molecule has 4 rings (SSSR count). The molecule has 0 spiro atoms. The molecule has 1 fully saturated rings. The highest BCUT2D eigenvalue weighted by Crippen LogP contribution is 2.36. The second-order valence-corrected chi connectivity index (χ2v) is 8.64. The smallest absolute Gasteiger partial charge is 0.230 e. The quantitative estimate of drug-likeness (QED) is 0.576. The first-order valence-electron chi connectivity index (χ1n) is 11.7. The molecule has 0 saturated carbocycles. The third-order valence-corrected chi connectivity index (χ3v) is 6.59. The molecule has 33 heavy (non-hydrogen) atoms. The van der Waals surface area contributed by atoms with Crippen LogP contribution in [-0.2, 0) is 27.8 Å². The normalized spacial score (nSPS) is 15.1. The van der Waals surface area contributed by atoms with E-state index >= 15 is 0 Å². The zero-order valence-corrected chi connectivity index (χ0v) is 19.0. The molecule has 3 aromatic rings. The van der Waals surface area contributed by atoms with Gasteiger partial charge in [-0.25, -0.2) is 0 Å². The van der Waals surface area contributed by atoms with E-state index in [0.717, 1.165) is 17.7 Å². The van der Waals surface area contributed by atoms with Crippen LogP contribution in [0.4, 0.5) is 0 Å². The Kier molecular flexibility index (Phi) is 7.51. The highest BCUT2D eigenvalue weighted by atomic mass is 16.2. The lowest BCUT2D eigenvalue weighted by Crippen LogP contribution is -2.53. The van der Waals surface area contributed by atoms with Gasteiger partial charge in [0.15, 0.2) is 0 Å². The Labute approximate surface area is 195 Å². The first-order valence-corrected chi connectivity index (χ1v) is 11.7. The molecule has 2 heterocycles. The average Bonchev–Trinajstić information content (AvgIpc) is 2.89. The number of pyridine rings is 1. The Hall–Kier alpha value is -3.47. The number of hydrogen-bond donors (Lipinski definition) is 1. The van der Waals surface area contributed by atoms with Crippen molar-refractivity contribution >= 4 is 11.8 Å². The zero-order chi connectivity index (χ0) is 22.9. The molecule has 2 amide bonds. The lowest BCUT2D eigenvalue weighted by atomic mass is 9.72. The number of aromatic nitrogens is 1. The Bertz CT molecular complexity index is 1030. The van der Waals surface area contributed by atoms with E-state index in [-0.39, 0.29) is 11.8 Å². The Morgan fingerprint density at radius 1 is 0.848 bits per heavy atom. The summed E-state index contributed by atoms with van der Waals surface area (Å²) in [5.74, 6) is 0.206. The summed E-state index contributed by atoms with van der Waals surface area (Å²) in [6.07, 6.45) is 4.97. The van der Waals surface area contributed by atoms with Crippen LogP contribution in [0.2, 0.25) is 0 Å². The van der Waals surface area contributed by atoms with Crippen LogP contribution in [-0.4, -0.2) is 41.3 Å². The van der Waals surface area contributed by atoms with Crippen LogP contribution in [0.15, 0.2) is 85.1 Å². The second kappa shape index (κ2) is 10.9. The fraction of sp³-hybridized carbons (Fsp3) is 0.321. The van der Waals surface area contributed by atoms with Crippen molar-refractivity contribution in [3.63, 3.8) is 0 Å². The fourth-order valence-corrected chi connectivity index (χ4v) is 4.62. The van der Waals surface area contributed by atoms with Gasteiger partial charge in [-0.3, -0.25) is 14.6 Å². The van der Waals surface area contributed by atoms with Crippen molar-refractivity contribution in [3.05, 3.63) is 102 Å². The maximum absolute atomic E-state index is 13.5. The lowest BCUT2D eigenvalue weighted by Gasteiger charge is -2.41. The molecule has 1 N–H and O–H groups in total. The van der Waals surface area contributed by atoms with Crippen LogP contribution in [0.25, 0.3) is 0 Å². The molecule has 1 aliphatic heterocycles. The van der Waals surface area contributed by atoms with Crippen molar-refractivity contribution in [1.29, 1.82) is 0 Å². The number of nitrogens with zero attached hydrogens (tertiary/aromatic N) is 2. The molecule has 170 valence electrons. The van der Waals surface area contributed by atoms with Crippen molar-refractivity contribution in [2.75, 3.05) is 19.6 Å². The van der Waals surface area contributed by atoms with Crippen molar-refractivity contribution < 1.29 is 9.59 Å². The molecule has 1 saturated heterocycles. The first kappa shape index (κ1) is 22.7. The van der Waals surface area contributed by atoms with E-state index in [1.54, 1.807) is 6.20 Å². The number of aryl methyl sites for hydroxylation is 1. The van der Waals surface area contributed by atoms with Crippen molar-refractivity contribution in [1.82, 2.24) is 15.2 Å². The predicted molar refractivity (Wildman–Crippen MR) is 130 cm³/mol. The first-order chi connectivity index (χ1) is 16.2. The number of piperidine rings is 1. The minimum absolute atomic E-state index is 0.0426. The van der Waals surface area contributed by atoms with Gasteiger partial charge in [0, 0.05) is 44.4 Å². The number of nitrogens with one attached hydrogen (secondary N) is 1. The standard InChI is InChI=1S/C28H31N3O2/c32-26(15-14-23-9-3-1-4-10-23)31-21-17-28(18-22-31,24-11-5-2-6-12-24)27(33)30-20-16-25-13-7-8-19-29-25/h1-13,19H,14-18,20-22H2,(H,30,33). The van der Waals surface area contributed by atoms with Crippen LogP contribution < -0.4 is 5.32 Å². The van der Waals surface area contributed by atoms with Gasteiger partial charge in [0.2, 0.25) is 11.8 Å². The molecule has 0 aliphatic carbocycles. The molecule has 1 aromatic heterocycles. The Balaban J connectivity index is 1.38. The summed E-state index contributed by atoms with van der Waals surface area (Å²) < 4.78 is 0. The third kappa shape index (κ3) is 5.67. The molecule has 1 aliphatic rings. The number of amides is 2. The monoisotopic (exact) mass is 441 g/mol. The molecule has 0 atom stereocenters. The maximum atomic E-state index is 13.5. The van der Waals surface area contributed by atoms with Crippen LogP contribution in [0.1, 0.15) is 36.1 Å². The largest absolute Gasteiger partial charge is 0.355 e. The number of carbonyl (C=O) groups is 2. The number of benzene rings is 2. The second-order valence-electron chi connectivity index (χ2n) is 8.64. The van der Waals surface area contributed by atoms with E-state index in [9.17, 15) is 9.59 Å². The van der Waals surface area contributed by atoms with Gasteiger partial charge in [-0.15, -0.1) is 0 Å². The number of likely N-dealkylation sites (tertiary alicyclic amines) is 1. The summed E-state index contributed by atoms with van der Waals surface area (Å²) >= 11 is 0. The van der Waals surface area contributed by atoms with Gasteiger partial charge in [-0.1, -0.05) is 66.7 Å². The molecule has 5 heteroatoms. The predicted octanol–water partition coefficient (Wildman–Crippen LogP) is 3.93. The highest BCUT2D eigenvalue weighted by molar-refractivity contribution is 5.89. The van der Waals surface area contributed by atoms with E-state index in [1.807, 2.05) is 71.6 Å². The minimum Gasteiger partial charge on any atom is -0.355 e. The van der Waals surface area contributed by atoms with Gasteiger partial charge < -0.3 is 10.2 Å². The number of carbonyl (C=O) groups excluding carboxylic acids is 2. The SMILES string of the molecule is O=C(CCc1ccccc1)N1CCC(C(=O)NCCc2ccccn2)(c2ccccc2)CC1. The van der Waals surface area contributed by atoms with Crippen molar-refractivity contribution in [2.45, 2.75) is 37.5 Å². The summed E-state index contributed by atoms with van der Waals surface area (Å²) in [6.45, 7) is 1.73. The van der Waals surface area contributed by atoms with Gasteiger partial charge in [0.1, 0.15) is 0 Å². The highest BCUT2D eigenvalue weighted by Gasteiger charge is 2.43. The van der Waals surface area contributed by atoms with Crippen LogP contribution >= 0.6 is 0 Å². The molecule has 0 radical (unpaired) electrons. The number of hydrogen-bond acceptors (Lipinski definition) is 3. The molecule has 5 nitrogen and oxygen atoms in total. The maximum Gasteiger partial charge on any atom is 0.230 e. The zero-order valence-electron chi connectivity index (χ0n) is 19.0. The summed E-state index contributed by atoms with van der Waals surface area (Å²) in [6, 6.07) is 25.9. The third-order valence-electron chi connectivity index (χ3n) is 6.59. The fourth-order valence-electron chi connectivity index (χ4n) is 4.62. The van der Waals surface area contributed by atoms with Gasteiger partial charge in [0.25, 0.3) is 0 Å². The molecule has 2 aromatic carbocycles. The topological polar surface area (TPSA) is 62.3 Å². The summed E-state index contributed by atoms with van der Waals surface area (Å²) in [5.41, 5.74) is 2.55. The van der Waals surface area contributed by atoms with Crippen molar-refractivity contribution in [2.24, 2.45) is 0 Å². The Morgan fingerprint density at radius 2 is 1.52 bits per heavy atom. The Morgan fingerprint density at radius 3 is 2.18 bits per heavy atom. The molecule has 0 bridgehead atoms. The number of rotatable bonds is 8. The summed E-state index contributed by atoms with van der Waals surface area (Å²) in [7, 11) is 0. The molecular formula is C28H31N3O2.